The van der Waals surface area contributed by atoms with Crippen LogP contribution in [0.25, 0.3) is 0 Å². The van der Waals surface area contributed by atoms with Crippen LogP contribution in [0.15, 0.2) is 17.1 Å². The third-order valence-electron chi connectivity index (χ3n) is 1.43. The molecule has 1 rings (SSSR count). The maximum absolute atomic E-state index is 5.39. The van der Waals surface area contributed by atoms with Crippen LogP contribution in [0.3, 0.4) is 0 Å². The Balaban J connectivity index is 2.37. The number of ether oxygens (including phenoxy) is 2. The first-order valence-corrected chi connectivity index (χ1v) is 3.60. The molecule has 3 heteroatoms. The van der Waals surface area contributed by atoms with E-state index in [-0.39, 0.29) is 6.10 Å². The van der Waals surface area contributed by atoms with Gasteiger partial charge in [-0.05, 0) is 6.92 Å². The zero-order valence-corrected chi connectivity index (χ0v) is 6.96. The van der Waals surface area contributed by atoms with E-state index in [0.29, 0.717) is 19.0 Å². The van der Waals surface area contributed by atoms with Crippen molar-refractivity contribution < 1.29 is 9.47 Å². The fourth-order valence-electron chi connectivity index (χ4n) is 0.925. The van der Waals surface area contributed by atoms with Crippen molar-refractivity contribution in [2.45, 2.75) is 13.0 Å². The highest BCUT2D eigenvalue weighted by Gasteiger charge is 2.19. The summed E-state index contributed by atoms with van der Waals surface area (Å²) in [5.41, 5.74) is 0.878. The van der Waals surface area contributed by atoms with Crippen molar-refractivity contribution in [3.63, 3.8) is 0 Å². The van der Waals surface area contributed by atoms with Gasteiger partial charge in [0.15, 0.2) is 0 Å². The molecule has 1 aliphatic rings. The van der Waals surface area contributed by atoms with Crippen molar-refractivity contribution in [2.75, 3.05) is 20.3 Å². The first kappa shape index (κ1) is 8.27. The van der Waals surface area contributed by atoms with Gasteiger partial charge in [0.05, 0.1) is 13.2 Å². The van der Waals surface area contributed by atoms with Crippen LogP contribution in [-0.4, -0.2) is 32.3 Å². The summed E-state index contributed by atoms with van der Waals surface area (Å²) in [6, 6.07) is 0. The highest BCUT2D eigenvalue weighted by molar-refractivity contribution is 5.93. The Morgan fingerprint density at radius 2 is 2.64 bits per heavy atom. The third-order valence-corrected chi connectivity index (χ3v) is 1.43. The van der Waals surface area contributed by atoms with Gasteiger partial charge in [-0.3, -0.25) is 0 Å². The maximum Gasteiger partial charge on any atom is 0.211 e. The van der Waals surface area contributed by atoms with Crippen LogP contribution < -0.4 is 0 Å². The molecule has 62 valence electrons. The van der Waals surface area contributed by atoms with Gasteiger partial charge in [0.1, 0.15) is 6.10 Å². The number of rotatable bonds is 3. The van der Waals surface area contributed by atoms with Gasteiger partial charge < -0.3 is 9.47 Å². The van der Waals surface area contributed by atoms with Crippen molar-refractivity contribution in [3.05, 3.63) is 12.2 Å². The lowest BCUT2D eigenvalue weighted by atomic mass is 10.3. The predicted molar refractivity (Wildman–Crippen MR) is 43.9 cm³/mol. The molecule has 1 unspecified atom stereocenters. The fraction of sp³-hybridized carbons (Fsp3) is 0.625. The minimum absolute atomic E-state index is 0.0895. The molecule has 1 atom stereocenters. The minimum Gasteiger partial charge on any atom is -0.470 e. The Labute approximate surface area is 66.7 Å². The lowest BCUT2D eigenvalue weighted by molar-refractivity contribution is 0.0917. The molecule has 1 aliphatic heterocycles. The average molecular weight is 155 g/mol. The van der Waals surface area contributed by atoms with E-state index in [4.69, 9.17) is 9.47 Å². The molecule has 0 radical (unpaired) electrons. The van der Waals surface area contributed by atoms with Gasteiger partial charge in [-0.2, -0.15) is 0 Å². The Kier molecular flexibility index (Phi) is 2.65. The van der Waals surface area contributed by atoms with E-state index in [1.165, 1.54) is 0 Å². The Morgan fingerprint density at radius 3 is 3.09 bits per heavy atom. The molecule has 0 aliphatic carbocycles. The average Bonchev–Trinajstić information content (AvgIpc) is 2.37. The number of nitrogens with zero attached hydrogens (tertiary/aromatic N) is 1. The standard InChI is InChI=1S/C8H13NO2/c1-6(2)8-9-4-7(11-8)5-10-3/h7H,1,4-5H2,2-3H3. The predicted octanol–water partition coefficient (Wildman–Crippen LogP) is 1.01. The molecule has 0 amide bonds. The Bertz CT molecular complexity index is 187. The summed E-state index contributed by atoms with van der Waals surface area (Å²) in [6.45, 7) is 6.91. The second-order valence-corrected chi connectivity index (χ2v) is 2.62. The van der Waals surface area contributed by atoms with Crippen LogP contribution in [0.4, 0.5) is 0 Å². The number of methoxy groups -OCH3 is 1. The van der Waals surface area contributed by atoms with Crippen LogP contribution >= 0.6 is 0 Å². The molecule has 0 bridgehead atoms. The number of hydrogen-bond acceptors (Lipinski definition) is 3. The molecule has 11 heavy (non-hydrogen) atoms. The summed E-state index contributed by atoms with van der Waals surface area (Å²) >= 11 is 0. The minimum atomic E-state index is 0.0895. The summed E-state index contributed by atoms with van der Waals surface area (Å²) in [5.74, 6) is 0.673. The molecule has 0 aromatic heterocycles. The van der Waals surface area contributed by atoms with Crippen molar-refractivity contribution in [3.8, 4) is 0 Å². The van der Waals surface area contributed by atoms with Crippen molar-refractivity contribution in [1.82, 2.24) is 0 Å². The molecular formula is C8H13NO2. The highest BCUT2D eigenvalue weighted by Crippen LogP contribution is 2.09. The van der Waals surface area contributed by atoms with E-state index in [0.717, 1.165) is 5.57 Å². The molecule has 0 saturated heterocycles. The summed E-state index contributed by atoms with van der Waals surface area (Å²) < 4.78 is 10.3. The zero-order chi connectivity index (χ0) is 8.27. The molecule has 3 nitrogen and oxygen atoms in total. The van der Waals surface area contributed by atoms with Crippen LogP contribution in [0.5, 0.6) is 0 Å². The first-order chi connectivity index (χ1) is 5.24. The second-order valence-electron chi connectivity index (χ2n) is 2.62. The summed E-state index contributed by atoms with van der Waals surface area (Å²) in [7, 11) is 1.65. The van der Waals surface area contributed by atoms with Crippen LogP contribution in [0, 0.1) is 0 Å². The molecule has 1 heterocycles. The van der Waals surface area contributed by atoms with E-state index in [9.17, 15) is 0 Å². The van der Waals surface area contributed by atoms with Gasteiger partial charge in [0, 0.05) is 12.7 Å². The van der Waals surface area contributed by atoms with Gasteiger partial charge in [0.2, 0.25) is 5.90 Å². The molecule has 0 saturated carbocycles. The van der Waals surface area contributed by atoms with Crippen molar-refractivity contribution in [2.24, 2.45) is 4.99 Å². The van der Waals surface area contributed by atoms with E-state index >= 15 is 0 Å². The number of aliphatic imine (C=N–C) groups is 1. The lowest BCUT2D eigenvalue weighted by Crippen LogP contribution is -2.19. The monoisotopic (exact) mass is 155 g/mol. The summed E-state index contributed by atoms with van der Waals surface area (Å²) in [4.78, 5) is 4.15. The quantitative estimate of drug-likeness (QED) is 0.609. The van der Waals surface area contributed by atoms with Gasteiger partial charge in [-0.25, -0.2) is 4.99 Å². The number of hydrogen-bond donors (Lipinski definition) is 0. The van der Waals surface area contributed by atoms with Gasteiger partial charge in [0.25, 0.3) is 0 Å². The van der Waals surface area contributed by atoms with E-state index < -0.39 is 0 Å². The molecule has 0 spiro atoms. The van der Waals surface area contributed by atoms with Crippen LogP contribution in [-0.2, 0) is 9.47 Å². The SMILES string of the molecule is C=C(C)C1=NCC(COC)O1. The van der Waals surface area contributed by atoms with E-state index in [2.05, 4.69) is 11.6 Å². The maximum atomic E-state index is 5.39. The lowest BCUT2D eigenvalue weighted by Gasteiger charge is -2.08. The summed E-state index contributed by atoms with van der Waals surface area (Å²) in [6.07, 6.45) is 0.0895. The largest absolute Gasteiger partial charge is 0.470 e. The first-order valence-electron chi connectivity index (χ1n) is 3.60. The van der Waals surface area contributed by atoms with Crippen molar-refractivity contribution >= 4 is 5.90 Å². The Hall–Kier alpha value is -0.830. The van der Waals surface area contributed by atoms with E-state index in [1.807, 2.05) is 6.92 Å². The molecular weight excluding hydrogens is 142 g/mol. The van der Waals surface area contributed by atoms with Gasteiger partial charge in [-0.1, -0.05) is 6.58 Å². The smallest absolute Gasteiger partial charge is 0.211 e. The topological polar surface area (TPSA) is 30.8 Å². The second kappa shape index (κ2) is 3.53. The molecule has 0 aromatic carbocycles. The van der Waals surface area contributed by atoms with Gasteiger partial charge >= 0.3 is 0 Å². The fourth-order valence-corrected chi connectivity index (χ4v) is 0.925. The molecule has 0 fully saturated rings. The van der Waals surface area contributed by atoms with Crippen LogP contribution in [0.2, 0.25) is 0 Å². The third kappa shape index (κ3) is 2.05. The van der Waals surface area contributed by atoms with Gasteiger partial charge in [-0.15, -0.1) is 0 Å². The van der Waals surface area contributed by atoms with Crippen LogP contribution in [0.1, 0.15) is 6.92 Å². The normalized spacial score (nSPS) is 22.7. The summed E-state index contributed by atoms with van der Waals surface area (Å²) in [5, 5.41) is 0. The van der Waals surface area contributed by atoms with Crippen molar-refractivity contribution in [1.29, 1.82) is 0 Å². The molecule has 0 N–H and O–H groups in total. The van der Waals surface area contributed by atoms with E-state index in [1.54, 1.807) is 7.11 Å². The Morgan fingerprint density at radius 1 is 1.91 bits per heavy atom. The molecule has 0 aromatic rings. The highest BCUT2D eigenvalue weighted by atomic mass is 16.5. The zero-order valence-electron chi connectivity index (χ0n) is 6.96.